The Balaban J connectivity index is 1.76. The van der Waals surface area contributed by atoms with Crippen LogP contribution in [-0.2, 0) is 20.0 Å². The summed E-state index contributed by atoms with van der Waals surface area (Å²) in [6.45, 7) is 1.06. The van der Waals surface area contributed by atoms with Gasteiger partial charge in [-0.3, -0.25) is 4.72 Å². The lowest BCUT2D eigenvalue weighted by Gasteiger charge is -2.25. The average molecular weight is 427 g/mol. The second kappa shape index (κ2) is 8.22. The number of hydrogen-bond acceptors (Lipinski definition) is 5. The first-order chi connectivity index (χ1) is 12.8. The predicted molar refractivity (Wildman–Crippen MR) is 108 cm³/mol. The van der Waals surface area contributed by atoms with Crippen LogP contribution < -0.4 is 4.72 Å². The van der Waals surface area contributed by atoms with Gasteiger partial charge in [0.25, 0.3) is 10.0 Å². The molecule has 0 spiro atoms. The van der Waals surface area contributed by atoms with Crippen LogP contribution in [0.4, 0.5) is 5.69 Å². The highest BCUT2D eigenvalue weighted by atomic mass is 32.2. The highest BCUT2D eigenvalue weighted by Gasteiger charge is 2.25. The number of benzene rings is 2. The van der Waals surface area contributed by atoms with Crippen LogP contribution in [0.2, 0.25) is 0 Å². The van der Waals surface area contributed by atoms with Crippen LogP contribution in [0.1, 0.15) is 19.3 Å². The van der Waals surface area contributed by atoms with Crippen molar-refractivity contribution in [3.8, 4) is 0 Å². The Morgan fingerprint density at radius 2 is 1.37 bits per heavy atom. The van der Waals surface area contributed by atoms with Crippen molar-refractivity contribution < 1.29 is 16.8 Å². The van der Waals surface area contributed by atoms with Gasteiger partial charge < -0.3 is 0 Å². The molecule has 3 rings (SSSR count). The molecule has 2 aromatic rings. The summed E-state index contributed by atoms with van der Waals surface area (Å²) in [5, 5.41) is 0. The monoisotopic (exact) mass is 426 g/mol. The highest BCUT2D eigenvalue weighted by molar-refractivity contribution is 7.98. The van der Waals surface area contributed by atoms with Crippen LogP contribution in [0.3, 0.4) is 0 Å². The van der Waals surface area contributed by atoms with Crippen LogP contribution >= 0.6 is 11.8 Å². The van der Waals surface area contributed by atoms with E-state index in [0.717, 1.165) is 24.2 Å². The molecule has 0 radical (unpaired) electrons. The standard InChI is InChI=1S/C18H22N2O4S3/c1-25-16-7-11-17(12-8-16)26(21,22)19-15-5-9-18(10-6-15)27(23,24)20-13-3-2-4-14-20/h5-12,19H,2-4,13-14H2,1H3. The van der Waals surface area contributed by atoms with Crippen molar-refractivity contribution in [3.63, 3.8) is 0 Å². The number of nitrogens with zero attached hydrogens (tertiary/aromatic N) is 1. The molecule has 0 aromatic heterocycles. The number of sulfonamides is 2. The zero-order valence-electron chi connectivity index (χ0n) is 15.0. The van der Waals surface area contributed by atoms with Gasteiger partial charge in [0.15, 0.2) is 0 Å². The number of rotatable bonds is 6. The lowest BCUT2D eigenvalue weighted by Crippen LogP contribution is -2.35. The minimum Gasteiger partial charge on any atom is -0.280 e. The molecule has 0 saturated carbocycles. The Hall–Kier alpha value is -1.55. The van der Waals surface area contributed by atoms with Crippen LogP contribution in [0, 0.1) is 0 Å². The summed E-state index contributed by atoms with van der Waals surface area (Å²) in [5.74, 6) is 0. The largest absolute Gasteiger partial charge is 0.280 e. The fraction of sp³-hybridized carbons (Fsp3) is 0.333. The SMILES string of the molecule is CSc1ccc(S(=O)(=O)Nc2ccc(S(=O)(=O)N3CCCCC3)cc2)cc1. The van der Waals surface area contributed by atoms with Gasteiger partial charge in [-0.2, -0.15) is 4.31 Å². The van der Waals surface area contributed by atoms with Gasteiger partial charge in [0, 0.05) is 23.7 Å². The van der Waals surface area contributed by atoms with Crippen molar-refractivity contribution in [2.75, 3.05) is 24.1 Å². The molecule has 0 aliphatic carbocycles. The topological polar surface area (TPSA) is 83.5 Å². The number of piperidine rings is 1. The summed E-state index contributed by atoms with van der Waals surface area (Å²) in [6.07, 6.45) is 4.70. The summed E-state index contributed by atoms with van der Waals surface area (Å²) in [7, 11) is -7.25. The first kappa shape index (κ1) is 20.2. The molecular formula is C18H22N2O4S3. The second-order valence-electron chi connectivity index (χ2n) is 6.27. The third-order valence-corrected chi connectivity index (χ3v) is 8.48. The minimum atomic E-state index is -3.73. The van der Waals surface area contributed by atoms with E-state index in [1.54, 1.807) is 24.3 Å². The Kier molecular flexibility index (Phi) is 6.15. The summed E-state index contributed by atoms with van der Waals surface area (Å²) in [6, 6.07) is 12.4. The highest BCUT2D eigenvalue weighted by Crippen LogP contribution is 2.24. The minimum absolute atomic E-state index is 0.158. The maximum absolute atomic E-state index is 12.7. The number of nitrogens with one attached hydrogen (secondary N) is 1. The fourth-order valence-corrected chi connectivity index (χ4v) is 5.90. The van der Waals surface area contributed by atoms with Gasteiger partial charge in [-0.05, 0) is 67.6 Å². The predicted octanol–water partition coefficient (Wildman–Crippen LogP) is 3.38. The molecule has 6 nitrogen and oxygen atoms in total. The lowest BCUT2D eigenvalue weighted by molar-refractivity contribution is 0.346. The molecule has 1 aliphatic rings. The zero-order valence-corrected chi connectivity index (χ0v) is 17.4. The molecule has 0 unspecified atom stereocenters. The van der Waals surface area contributed by atoms with Gasteiger partial charge in [0.1, 0.15) is 0 Å². The summed E-state index contributed by atoms with van der Waals surface area (Å²) in [4.78, 5) is 1.31. The summed E-state index contributed by atoms with van der Waals surface area (Å²) >= 11 is 1.53. The van der Waals surface area contributed by atoms with E-state index >= 15 is 0 Å². The molecule has 1 saturated heterocycles. The van der Waals surface area contributed by atoms with E-state index in [9.17, 15) is 16.8 Å². The van der Waals surface area contributed by atoms with Gasteiger partial charge >= 0.3 is 0 Å². The zero-order chi connectivity index (χ0) is 19.5. The Labute approximate surface area is 165 Å². The molecule has 9 heteroatoms. The van der Waals surface area contributed by atoms with Gasteiger partial charge in [0.2, 0.25) is 10.0 Å². The molecule has 0 atom stereocenters. The van der Waals surface area contributed by atoms with Gasteiger partial charge in [0.05, 0.1) is 9.79 Å². The van der Waals surface area contributed by atoms with Crippen molar-refractivity contribution >= 4 is 37.5 Å². The lowest BCUT2D eigenvalue weighted by atomic mass is 10.2. The van der Waals surface area contributed by atoms with Crippen molar-refractivity contribution in [3.05, 3.63) is 48.5 Å². The molecular weight excluding hydrogens is 404 g/mol. The van der Waals surface area contributed by atoms with Crippen LogP contribution in [0.25, 0.3) is 0 Å². The molecule has 27 heavy (non-hydrogen) atoms. The quantitative estimate of drug-likeness (QED) is 0.716. The van der Waals surface area contributed by atoms with Crippen LogP contribution in [0.15, 0.2) is 63.2 Å². The number of thioether (sulfide) groups is 1. The van der Waals surface area contributed by atoms with Crippen LogP contribution in [0.5, 0.6) is 0 Å². The average Bonchev–Trinajstić information content (AvgIpc) is 2.69. The molecule has 1 heterocycles. The molecule has 146 valence electrons. The van der Waals surface area contributed by atoms with Crippen molar-refractivity contribution in [1.29, 1.82) is 0 Å². The van der Waals surface area contributed by atoms with Crippen molar-refractivity contribution in [2.45, 2.75) is 33.9 Å². The first-order valence-corrected chi connectivity index (χ1v) is 12.7. The van der Waals surface area contributed by atoms with Gasteiger partial charge in [-0.25, -0.2) is 16.8 Å². The third-order valence-electron chi connectivity index (χ3n) is 4.43. The van der Waals surface area contributed by atoms with E-state index in [2.05, 4.69) is 4.72 Å². The first-order valence-electron chi connectivity index (χ1n) is 8.60. The van der Waals surface area contributed by atoms with Gasteiger partial charge in [-0.1, -0.05) is 6.42 Å². The second-order valence-corrected chi connectivity index (χ2v) is 10.8. The maximum atomic E-state index is 12.7. The Bertz CT molecular complexity index is 980. The third kappa shape index (κ3) is 4.66. The molecule has 1 aliphatic heterocycles. The van der Waals surface area contributed by atoms with E-state index in [4.69, 9.17) is 0 Å². The van der Waals surface area contributed by atoms with Gasteiger partial charge in [-0.15, -0.1) is 11.8 Å². The Morgan fingerprint density at radius 3 is 1.93 bits per heavy atom. The van der Waals surface area contributed by atoms with Crippen LogP contribution in [-0.4, -0.2) is 40.5 Å². The number of anilines is 1. The van der Waals surface area contributed by atoms with E-state index in [1.807, 2.05) is 6.26 Å². The van der Waals surface area contributed by atoms with E-state index < -0.39 is 20.0 Å². The van der Waals surface area contributed by atoms with Crippen molar-refractivity contribution in [2.24, 2.45) is 0 Å². The number of hydrogen-bond donors (Lipinski definition) is 1. The smallest absolute Gasteiger partial charge is 0.261 e. The van der Waals surface area contributed by atoms with E-state index in [1.165, 1.54) is 40.3 Å². The summed E-state index contributed by atoms with van der Waals surface area (Å²) < 4.78 is 54.3. The van der Waals surface area contributed by atoms with E-state index in [-0.39, 0.29) is 9.79 Å². The van der Waals surface area contributed by atoms with E-state index in [0.29, 0.717) is 18.8 Å². The molecule has 1 fully saturated rings. The molecule has 0 bridgehead atoms. The fourth-order valence-electron chi connectivity index (χ4n) is 2.92. The summed E-state index contributed by atoms with van der Waals surface area (Å²) in [5.41, 5.74) is 0.321. The molecule has 0 amide bonds. The maximum Gasteiger partial charge on any atom is 0.261 e. The molecule has 2 aromatic carbocycles. The molecule has 1 N–H and O–H groups in total. The van der Waals surface area contributed by atoms with Crippen molar-refractivity contribution in [1.82, 2.24) is 4.31 Å². The Morgan fingerprint density at radius 1 is 0.815 bits per heavy atom. The normalized spacial score (nSPS) is 16.2.